The van der Waals surface area contributed by atoms with E-state index in [1.807, 2.05) is 20.3 Å². The maximum atomic E-state index is 8.60. The minimum absolute atomic E-state index is 1.00. The highest BCUT2D eigenvalue weighted by Gasteiger charge is 1.67. The van der Waals surface area contributed by atoms with Crippen LogP contribution in [0.1, 0.15) is 0 Å². The quantitative estimate of drug-likeness (QED) is 0.354. The first-order valence-corrected chi connectivity index (χ1v) is 4.15. The molecule has 6 heavy (non-hydrogen) atoms. The first kappa shape index (κ1) is 6.32. The van der Waals surface area contributed by atoms with E-state index in [4.69, 9.17) is 4.89 Å². The molecule has 0 aliphatic heterocycles. The van der Waals surface area contributed by atoms with E-state index in [0.717, 1.165) is 6.32 Å². The van der Waals surface area contributed by atoms with Gasteiger partial charge in [-0.2, -0.15) is 0 Å². The standard InChI is InChI=1S/C3H10BOP/c1-6(5)3-2-4/h3,5-6H,2,4H2,1H3. The van der Waals surface area contributed by atoms with Crippen LogP contribution in [-0.4, -0.2) is 25.2 Å². The zero-order valence-electron chi connectivity index (χ0n) is 4.23. The van der Waals surface area contributed by atoms with Gasteiger partial charge in [0.1, 0.15) is 7.85 Å². The number of rotatable bonds is 1. The Balaban J connectivity index is 3.14. The summed E-state index contributed by atoms with van der Waals surface area (Å²) in [6, 6.07) is 0. The van der Waals surface area contributed by atoms with Crippen LogP contribution in [0, 0.1) is 0 Å². The first-order valence-electron chi connectivity index (χ1n) is 2.13. The van der Waals surface area contributed by atoms with Crippen LogP contribution in [0.15, 0.2) is 0 Å². The molecule has 1 nitrogen and oxygen atoms in total. The molecule has 1 N–H and O–H groups in total. The summed E-state index contributed by atoms with van der Waals surface area (Å²) in [6.45, 7) is 1.86. The van der Waals surface area contributed by atoms with Gasteiger partial charge in [0, 0.05) is 0 Å². The second kappa shape index (κ2) is 3.51. The fraction of sp³-hybridized carbons (Fsp3) is 0.667. The maximum Gasteiger partial charge on any atom is 0.106 e. The lowest BCUT2D eigenvalue weighted by Crippen LogP contribution is -1.65. The van der Waals surface area contributed by atoms with Crippen LogP contribution >= 0.6 is 7.77 Å². The molecule has 0 saturated heterocycles. The van der Waals surface area contributed by atoms with Crippen LogP contribution in [0.4, 0.5) is 0 Å². The molecule has 1 atom stereocenters. The third-order valence-electron chi connectivity index (χ3n) is 0.500. The summed E-state index contributed by atoms with van der Waals surface area (Å²) in [5.41, 5.74) is 0. The van der Waals surface area contributed by atoms with Crippen molar-refractivity contribution in [2.24, 2.45) is 0 Å². The monoisotopic (exact) mass is 104 g/mol. The maximum absolute atomic E-state index is 8.60. The Labute approximate surface area is 40.3 Å². The molecule has 0 fully saturated rings. The summed E-state index contributed by atoms with van der Waals surface area (Å²) in [5, 5.41) is 0. The third-order valence-corrected chi connectivity index (χ3v) is 1.50. The van der Waals surface area contributed by atoms with Crippen LogP contribution in [0.5, 0.6) is 0 Å². The molecule has 0 saturated carbocycles. The molecular formula is C3H10BOP. The van der Waals surface area contributed by atoms with Crippen molar-refractivity contribution in [1.29, 1.82) is 0 Å². The molecule has 0 radical (unpaired) electrons. The second-order valence-corrected chi connectivity index (χ2v) is 2.94. The van der Waals surface area contributed by atoms with Crippen LogP contribution in [0.2, 0.25) is 6.32 Å². The Morgan fingerprint density at radius 1 is 2.00 bits per heavy atom. The Hall–Kier alpha value is 0.325. The SMILES string of the molecule is BC/C=[PH](\C)O. The van der Waals surface area contributed by atoms with Crippen molar-refractivity contribution in [2.45, 2.75) is 6.32 Å². The molecule has 0 aromatic rings. The van der Waals surface area contributed by atoms with Crippen molar-refractivity contribution in [2.75, 3.05) is 6.66 Å². The molecule has 0 rings (SSSR count). The van der Waals surface area contributed by atoms with Gasteiger partial charge in [0.05, 0.1) is 0 Å². The smallest absolute Gasteiger partial charge is 0.106 e. The van der Waals surface area contributed by atoms with E-state index >= 15 is 0 Å². The van der Waals surface area contributed by atoms with E-state index in [-0.39, 0.29) is 0 Å². The number of hydrogen-bond donors (Lipinski definition) is 1. The largest absolute Gasteiger partial charge is 0.380 e. The average Bonchev–Trinajstić information content (AvgIpc) is 1.35. The van der Waals surface area contributed by atoms with Gasteiger partial charge in [-0.25, -0.2) is 0 Å². The van der Waals surface area contributed by atoms with Crippen molar-refractivity contribution in [3.05, 3.63) is 0 Å². The summed E-state index contributed by atoms with van der Waals surface area (Å²) >= 11 is 0. The third kappa shape index (κ3) is 4.32. The summed E-state index contributed by atoms with van der Waals surface area (Å²) < 4.78 is 0. The Morgan fingerprint density at radius 3 is 2.50 bits per heavy atom. The Kier molecular flexibility index (Phi) is 3.70. The lowest BCUT2D eigenvalue weighted by molar-refractivity contribution is 0.648. The first-order chi connectivity index (χ1) is 2.77. The van der Waals surface area contributed by atoms with Crippen molar-refractivity contribution < 1.29 is 4.89 Å². The Morgan fingerprint density at radius 2 is 2.50 bits per heavy atom. The molecule has 0 amide bonds. The van der Waals surface area contributed by atoms with Crippen LogP contribution in [-0.2, 0) is 0 Å². The highest BCUT2D eigenvalue weighted by molar-refractivity contribution is 7.50. The molecule has 0 bridgehead atoms. The normalized spacial score (nSPS) is 15.0. The zero-order chi connectivity index (χ0) is 4.99. The Bertz CT molecular complexity index is 57.8. The van der Waals surface area contributed by atoms with Gasteiger partial charge in [0.25, 0.3) is 0 Å². The van der Waals surface area contributed by atoms with Gasteiger partial charge in [-0.1, -0.05) is 12.1 Å². The van der Waals surface area contributed by atoms with Crippen molar-refractivity contribution in [3.63, 3.8) is 0 Å². The van der Waals surface area contributed by atoms with E-state index < -0.39 is 7.77 Å². The van der Waals surface area contributed by atoms with Gasteiger partial charge in [-0.3, -0.25) is 0 Å². The van der Waals surface area contributed by atoms with Gasteiger partial charge in [0.2, 0.25) is 0 Å². The molecule has 0 aromatic carbocycles. The minimum atomic E-state index is -1.01. The molecule has 0 aliphatic rings. The minimum Gasteiger partial charge on any atom is -0.380 e. The highest BCUT2D eigenvalue weighted by Crippen LogP contribution is 2.05. The highest BCUT2D eigenvalue weighted by atomic mass is 31.1. The lowest BCUT2D eigenvalue weighted by atomic mass is 10.1. The van der Waals surface area contributed by atoms with E-state index in [1.54, 1.807) is 0 Å². The zero-order valence-corrected chi connectivity index (χ0v) is 5.23. The molecular weight excluding hydrogens is 93.8 g/mol. The lowest BCUT2D eigenvalue weighted by Gasteiger charge is -1.81. The van der Waals surface area contributed by atoms with Crippen molar-refractivity contribution in [3.8, 4) is 0 Å². The van der Waals surface area contributed by atoms with Gasteiger partial charge < -0.3 is 4.89 Å². The van der Waals surface area contributed by atoms with E-state index in [2.05, 4.69) is 0 Å². The molecule has 1 unspecified atom stereocenters. The van der Waals surface area contributed by atoms with E-state index in [0.29, 0.717) is 0 Å². The number of hydrogen-bond acceptors (Lipinski definition) is 1. The fourth-order valence-corrected chi connectivity index (χ4v) is 0.886. The van der Waals surface area contributed by atoms with Gasteiger partial charge in [-0.15, -0.1) is 0 Å². The molecule has 3 heteroatoms. The summed E-state index contributed by atoms with van der Waals surface area (Å²) in [6.07, 6.45) is 1.00. The molecule has 0 spiro atoms. The van der Waals surface area contributed by atoms with Gasteiger partial charge in [-0.05, 0) is 14.4 Å². The van der Waals surface area contributed by atoms with Crippen LogP contribution < -0.4 is 0 Å². The van der Waals surface area contributed by atoms with Crippen molar-refractivity contribution in [1.82, 2.24) is 0 Å². The topological polar surface area (TPSA) is 20.2 Å². The summed E-state index contributed by atoms with van der Waals surface area (Å²) in [4.78, 5) is 8.60. The van der Waals surface area contributed by atoms with Crippen molar-refractivity contribution >= 4 is 21.4 Å². The van der Waals surface area contributed by atoms with Gasteiger partial charge >= 0.3 is 0 Å². The van der Waals surface area contributed by atoms with Gasteiger partial charge in [0.15, 0.2) is 0 Å². The van der Waals surface area contributed by atoms with Crippen LogP contribution in [0.3, 0.4) is 0 Å². The molecule has 0 heterocycles. The fourth-order valence-electron chi connectivity index (χ4n) is 0.295. The second-order valence-electron chi connectivity index (χ2n) is 1.25. The summed E-state index contributed by atoms with van der Waals surface area (Å²) in [5.74, 6) is 1.95. The molecule has 0 aromatic heterocycles. The predicted molar refractivity (Wildman–Crippen MR) is 35.9 cm³/mol. The average molecular weight is 104 g/mol. The van der Waals surface area contributed by atoms with Crippen LogP contribution in [0.25, 0.3) is 0 Å². The molecule has 0 aliphatic carbocycles. The molecule has 36 valence electrons. The summed E-state index contributed by atoms with van der Waals surface area (Å²) in [7, 11) is 1.02. The van der Waals surface area contributed by atoms with E-state index in [9.17, 15) is 0 Å². The van der Waals surface area contributed by atoms with E-state index in [1.165, 1.54) is 0 Å². The predicted octanol–water partition coefficient (Wildman–Crippen LogP) is -0.409.